The Kier molecular flexibility index (Phi) is 4.16. The van der Waals surface area contributed by atoms with E-state index in [9.17, 15) is 0 Å². The van der Waals surface area contributed by atoms with Crippen LogP contribution in [0.2, 0.25) is 10.0 Å². The van der Waals surface area contributed by atoms with Crippen LogP contribution in [-0.4, -0.2) is 16.2 Å². The van der Waals surface area contributed by atoms with Gasteiger partial charge in [-0.1, -0.05) is 35.0 Å². The molecule has 1 aromatic carbocycles. The van der Waals surface area contributed by atoms with Gasteiger partial charge in [0.2, 0.25) is 0 Å². The number of thioether (sulfide) groups is 1. The molecule has 0 saturated carbocycles. The Balaban J connectivity index is 2.27. The van der Waals surface area contributed by atoms with Gasteiger partial charge in [-0.05, 0) is 24.5 Å². The number of nitrogens with one attached hydrogen (secondary N) is 1. The summed E-state index contributed by atoms with van der Waals surface area (Å²) in [5.74, 6) is 1.03. The highest BCUT2D eigenvalue weighted by Crippen LogP contribution is 2.27. The van der Waals surface area contributed by atoms with Gasteiger partial charge < -0.3 is 11.1 Å². The van der Waals surface area contributed by atoms with Gasteiger partial charge in [-0.15, -0.1) is 0 Å². The van der Waals surface area contributed by atoms with E-state index >= 15 is 0 Å². The molecule has 0 atom stereocenters. The molecule has 0 fully saturated rings. The number of nitrogen functional groups attached to an aromatic ring is 1. The molecule has 18 heavy (non-hydrogen) atoms. The molecule has 0 amide bonds. The number of halogens is 2. The molecule has 1 heterocycles. The Labute approximate surface area is 119 Å². The average Bonchev–Trinajstić information content (AvgIpc) is 2.33. The zero-order valence-corrected chi connectivity index (χ0v) is 11.8. The molecule has 2 rings (SSSR count). The number of rotatable bonds is 3. The lowest BCUT2D eigenvalue weighted by Gasteiger charge is -2.08. The molecule has 0 bridgehead atoms. The van der Waals surface area contributed by atoms with E-state index in [1.54, 1.807) is 18.2 Å². The van der Waals surface area contributed by atoms with Gasteiger partial charge in [-0.2, -0.15) is 0 Å². The molecule has 0 unspecified atom stereocenters. The molecule has 2 aromatic rings. The van der Waals surface area contributed by atoms with E-state index < -0.39 is 0 Å². The smallest absolute Gasteiger partial charge is 0.191 e. The lowest BCUT2D eigenvalue weighted by atomic mass is 10.3. The Hall–Kier alpha value is -1.17. The highest BCUT2D eigenvalue weighted by Gasteiger charge is 2.04. The van der Waals surface area contributed by atoms with Gasteiger partial charge in [0.05, 0.1) is 10.0 Å². The summed E-state index contributed by atoms with van der Waals surface area (Å²) in [5, 5.41) is 4.70. The van der Waals surface area contributed by atoms with Gasteiger partial charge in [0.25, 0.3) is 0 Å². The second kappa shape index (κ2) is 5.65. The first kappa shape index (κ1) is 13.3. The number of hydrogen-bond acceptors (Lipinski definition) is 5. The fraction of sp³-hybridized carbons (Fsp3) is 0.0909. The Morgan fingerprint density at radius 1 is 1.17 bits per heavy atom. The first-order valence-corrected chi connectivity index (χ1v) is 6.97. The standard InChI is InChI=1S/C11H10Cl2N4S/c1-18-11-16-9(14)5-10(17-11)15-6-2-3-7(12)8(13)4-6/h2-5H,1H3,(H3,14,15,16,17). The van der Waals surface area contributed by atoms with E-state index in [2.05, 4.69) is 15.3 Å². The highest BCUT2D eigenvalue weighted by molar-refractivity contribution is 7.98. The van der Waals surface area contributed by atoms with Gasteiger partial charge in [0, 0.05) is 11.8 Å². The maximum atomic E-state index is 5.94. The largest absolute Gasteiger partial charge is 0.383 e. The molecule has 3 N–H and O–H groups in total. The third kappa shape index (κ3) is 3.19. The van der Waals surface area contributed by atoms with Crippen LogP contribution in [0.4, 0.5) is 17.3 Å². The molecule has 94 valence electrons. The zero-order valence-electron chi connectivity index (χ0n) is 9.45. The number of nitrogens with zero attached hydrogens (tertiary/aromatic N) is 2. The van der Waals surface area contributed by atoms with E-state index in [0.717, 1.165) is 5.69 Å². The van der Waals surface area contributed by atoms with E-state index in [1.807, 2.05) is 12.3 Å². The van der Waals surface area contributed by atoms with Crippen LogP contribution in [0, 0.1) is 0 Å². The van der Waals surface area contributed by atoms with Crippen LogP contribution in [0.5, 0.6) is 0 Å². The quantitative estimate of drug-likeness (QED) is 0.666. The van der Waals surface area contributed by atoms with Gasteiger partial charge in [0.1, 0.15) is 11.6 Å². The van der Waals surface area contributed by atoms with Crippen molar-refractivity contribution in [1.82, 2.24) is 9.97 Å². The summed E-state index contributed by atoms with van der Waals surface area (Å²) >= 11 is 13.2. The van der Waals surface area contributed by atoms with Crippen molar-refractivity contribution in [2.45, 2.75) is 5.16 Å². The van der Waals surface area contributed by atoms with Crippen LogP contribution in [0.1, 0.15) is 0 Å². The van der Waals surface area contributed by atoms with E-state index in [0.29, 0.717) is 26.8 Å². The highest BCUT2D eigenvalue weighted by atomic mass is 35.5. The van der Waals surface area contributed by atoms with Crippen molar-refractivity contribution >= 4 is 52.3 Å². The summed E-state index contributed by atoms with van der Waals surface area (Å²) in [6, 6.07) is 6.90. The van der Waals surface area contributed by atoms with Crippen molar-refractivity contribution in [3.8, 4) is 0 Å². The minimum absolute atomic E-state index is 0.414. The first-order chi connectivity index (χ1) is 8.58. The lowest BCUT2D eigenvalue weighted by molar-refractivity contribution is 0.984. The van der Waals surface area contributed by atoms with Crippen LogP contribution in [0.25, 0.3) is 0 Å². The normalized spacial score (nSPS) is 10.4. The monoisotopic (exact) mass is 300 g/mol. The van der Waals surface area contributed by atoms with Crippen molar-refractivity contribution in [3.05, 3.63) is 34.3 Å². The maximum absolute atomic E-state index is 5.94. The number of anilines is 3. The summed E-state index contributed by atoms with van der Waals surface area (Å²) in [6.07, 6.45) is 1.89. The van der Waals surface area contributed by atoms with E-state index in [1.165, 1.54) is 11.8 Å². The second-order valence-electron chi connectivity index (χ2n) is 3.42. The summed E-state index contributed by atoms with van der Waals surface area (Å²) in [6.45, 7) is 0. The van der Waals surface area contributed by atoms with Gasteiger partial charge in [-0.3, -0.25) is 0 Å². The van der Waals surface area contributed by atoms with Crippen LogP contribution < -0.4 is 11.1 Å². The van der Waals surface area contributed by atoms with Crippen LogP contribution >= 0.6 is 35.0 Å². The minimum Gasteiger partial charge on any atom is -0.383 e. The topological polar surface area (TPSA) is 63.8 Å². The van der Waals surface area contributed by atoms with Crippen molar-refractivity contribution < 1.29 is 0 Å². The fourth-order valence-corrected chi connectivity index (χ4v) is 2.00. The Morgan fingerprint density at radius 3 is 2.61 bits per heavy atom. The van der Waals surface area contributed by atoms with Crippen molar-refractivity contribution in [2.24, 2.45) is 0 Å². The second-order valence-corrected chi connectivity index (χ2v) is 5.01. The lowest BCUT2D eigenvalue weighted by Crippen LogP contribution is -2.00. The van der Waals surface area contributed by atoms with Crippen molar-refractivity contribution in [3.63, 3.8) is 0 Å². The van der Waals surface area contributed by atoms with E-state index in [4.69, 9.17) is 28.9 Å². The van der Waals surface area contributed by atoms with Crippen LogP contribution in [-0.2, 0) is 0 Å². The molecule has 0 aliphatic rings. The number of aromatic nitrogens is 2. The third-order valence-electron chi connectivity index (χ3n) is 2.10. The number of nitrogens with two attached hydrogens (primary N) is 1. The molecule has 7 heteroatoms. The third-order valence-corrected chi connectivity index (χ3v) is 3.39. The number of benzene rings is 1. The average molecular weight is 301 g/mol. The minimum atomic E-state index is 0.414. The summed E-state index contributed by atoms with van der Waals surface area (Å²) < 4.78 is 0. The van der Waals surface area contributed by atoms with Crippen LogP contribution in [0.3, 0.4) is 0 Å². The Morgan fingerprint density at radius 2 is 1.94 bits per heavy atom. The molecule has 0 saturated heterocycles. The fourth-order valence-electron chi connectivity index (χ4n) is 1.32. The van der Waals surface area contributed by atoms with Crippen LogP contribution in [0.15, 0.2) is 29.4 Å². The molecule has 1 aromatic heterocycles. The van der Waals surface area contributed by atoms with E-state index in [-0.39, 0.29) is 0 Å². The predicted octanol–water partition coefficient (Wildman–Crippen LogP) is 3.83. The molecular weight excluding hydrogens is 291 g/mol. The SMILES string of the molecule is CSc1nc(N)cc(Nc2ccc(Cl)c(Cl)c2)n1. The first-order valence-electron chi connectivity index (χ1n) is 4.99. The predicted molar refractivity (Wildman–Crippen MR) is 78.0 cm³/mol. The summed E-state index contributed by atoms with van der Waals surface area (Å²) in [5.41, 5.74) is 6.48. The summed E-state index contributed by atoms with van der Waals surface area (Å²) in [7, 11) is 0. The molecular formula is C11H10Cl2N4S. The molecule has 0 radical (unpaired) electrons. The van der Waals surface area contributed by atoms with Gasteiger partial charge in [0.15, 0.2) is 5.16 Å². The molecule has 0 aliphatic carbocycles. The molecule has 4 nitrogen and oxygen atoms in total. The molecule has 0 aliphatic heterocycles. The number of hydrogen-bond donors (Lipinski definition) is 2. The van der Waals surface area contributed by atoms with Crippen molar-refractivity contribution in [1.29, 1.82) is 0 Å². The zero-order chi connectivity index (χ0) is 13.1. The Bertz CT molecular complexity index is 577. The maximum Gasteiger partial charge on any atom is 0.191 e. The molecule has 0 spiro atoms. The van der Waals surface area contributed by atoms with Gasteiger partial charge >= 0.3 is 0 Å². The van der Waals surface area contributed by atoms with Gasteiger partial charge in [-0.25, -0.2) is 9.97 Å². The summed E-state index contributed by atoms with van der Waals surface area (Å²) in [4.78, 5) is 8.35. The van der Waals surface area contributed by atoms with Crippen molar-refractivity contribution in [2.75, 3.05) is 17.3 Å².